The summed E-state index contributed by atoms with van der Waals surface area (Å²) in [7, 11) is 0. The first-order valence-corrected chi connectivity index (χ1v) is 14.9. The molecule has 4 aliphatic rings. The lowest BCUT2D eigenvalue weighted by Crippen LogP contribution is -2.55. The standard InChI is InChI=1S/C31H40N8O/c1-2-29(40)39-19-18-37(21-25(39)11-14-32)30-26-10-9-24(38-17-5-7-22-6-3-4-8-28(22)38)20-27(26)35-31(36-30)34-23-12-15-33-16-13-23/h2-4,6,8,23-25,33H,1,5,7,9-13,15-21H2,(H,34,35,36)/t24?,25-/m0/s1. The van der Waals surface area contributed by atoms with E-state index in [1.54, 1.807) is 4.90 Å². The van der Waals surface area contributed by atoms with Crippen LogP contribution in [0.3, 0.4) is 0 Å². The van der Waals surface area contributed by atoms with E-state index in [1.807, 2.05) is 0 Å². The number of amides is 1. The summed E-state index contributed by atoms with van der Waals surface area (Å²) < 4.78 is 0. The lowest BCUT2D eigenvalue weighted by atomic mass is 9.88. The third-order valence-electron chi connectivity index (χ3n) is 9.05. The number of para-hydroxylation sites is 1. The molecule has 4 heterocycles. The van der Waals surface area contributed by atoms with Gasteiger partial charge in [-0.05, 0) is 69.3 Å². The Bertz CT molecular complexity index is 1280. The third-order valence-corrected chi connectivity index (χ3v) is 9.05. The van der Waals surface area contributed by atoms with E-state index < -0.39 is 0 Å². The number of carbonyl (C=O) groups is 1. The Balaban J connectivity index is 1.31. The number of carbonyl (C=O) groups excluding carboxylic acids is 1. The van der Waals surface area contributed by atoms with Gasteiger partial charge < -0.3 is 25.3 Å². The Kier molecular flexibility index (Phi) is 7.87. The average molecular weight is 541 g/mol. The minimum atomic E-state index is -0.183. The Labute approximate surface area is 237 Å². The van der Waals surface area contributed by atoms with Gasteiger partial charge in [0.2, 0.25) is 11.9 Å². The highest BCUT2D eigenvalue weighted by atomic mass is 16.2. The fourth-order valence-electron chi connectivity index (χ4n) is 7.00. The van der Waals surface area contributed by atoms with Crippen LogP contribution in [0.2, 0.25) is 0 Å². The largest absolute Gasteiger partial charge is 0.368 e. The van der Waals surface area contributed by atoms with Crippen molar-refractivity contribution in [3.05, 3.63) is 53.7 Å². The number of nitrogens with one attached hydrogen (secondary N) is 2. The van der Waals surface area contributed by atoms with Crippen molar-refractivity contribution in [2.45, 2.75) is 69.5 Å². The van der Waals surface area contributed by atoms with Gasteiger partial charge in [0.05, 0.1) is 24.2 Å². The Morgan fingerprint density at radius 3 is 2.83 bits per heavy atom. The van der Waals surface area contributed by atoms with E-state index in [-0.39, 0.29) is 11.9 Å². The number of hydrogen-bond acceptors (Lipinski definition) is 8. The number of aryl methyl sites for hydroxylation is 1. The minimum Gasteiger partial charge on any atom is -0.368 e. The van der Waals surface area contributed by atoms with E-state index in [1.165, 1.54) is 29.3 Å². The van der Waals surface area contributed by atoms with Crippen LogP contribution in [0.1, 0.15) is 48.9 Å². The van der Waals surface area contributed by atoms with Crippen LogP contribution in [0, 0.1) is 11.3 Å². The molecule has 1 aliphatic carbocycles. The zero-order valence-corrected chi connectivity index (χ0v) is 23.3. The van der Waals surface area contributed by atoms with Crippen molar-refractivity contribution in [2.75, 3.05) is 54.4 Å². The predicted molar refractivity (Wildman–Crippen MR) is 158 cm³/mol. The van der Waals surface area contributed by atoms with Crippen LogP contribution >= 0.6 is 0 Å². The summed E-state index contributed by atoms with van der Waals surface area (Å²) in [5, 5.41) is 16.6. The summed E-state index contributed by atoms with van der Waals surface area (Å²) in [5.41, 5.74) is 5.21. The number of nitrogens with zero attached hydrogens (tertiary/aromatic N) is 6. The van der Waals surface area contributed by atoms with Crippen molar-refractivity contribution < 1.29 is 4.79 Å². The molecule has 1 aromatic carbocycles. The van der Waals surface area contributed by atoms with Crippen molar-refractivity contribution in [1.29, 1.82) is 5.26 Å². The first-order chi connectivity index (χ1) is 19.6. The highest BCUT2D eigenvalue weighted by Gasteiger charge is 2.35. The van der Waals surface area contributed by atoms with Crippen LogP contribution in [0.25, 0.3) is 0 Å². The highest BCUT2D eigenvalue weighted by molar-refractivity contribution is 5.87. The summed E-state index contributed by atoms with van der Waals surface area (Å²) >= 11 is 0. The number of aromatic nitrogens is 2. The van der Waals surface area contributed by atoms with Gasteiger partial charge in [-0.25, -0.2) is 4.98 Å². The number of piperidine rings is 1. The molecule has 9 heteroatoms. The van der Waals surface area contributed by atoms with Crippen molar-refractivity contribution in [1.82, 2.24) is 20.2 Å². The first-order valence-electron chi connectivity index (χ1n) is 14.9. The van der Waals surface area contributed by atoms with Crippen LogP contribution in [0.4, 0.5) is 17.5 Å². The molecule has 1 aromatic heterocycles. The van der Waals surface area contributed by atoms with Gasteiger partial charge in [0.25, 0.3) is 0 Å². The second kappa shape index (κ2) is 11.8. The third kappa shape index (κ3) is 5.37. The quantitative estimate of drug-likeness (QED) is 0.540. The zero-order chi connectivity index (χ0) is 27.5. The number of benzene rings is 1. The molecule has 0 saturated carbocycles. The number of hydrogen-bond donors (Lipinski definition) is 2. The monoisotopic (exact) mass is 540 g/mol. The lowest BCUT2D eigenvalue weighted by molar-refractivity contribution is -0.128. The maximum Gasteiger partial charge on any atom is 0.246 e. The van der Waals surface area contributed by atoms with Crippen LogP contribution < -0.4 is 20.4 Å². The summed E-state index contributed by atoms with van der Waals surface area (Å²) in [5.74, 6) is 1.58. The second-order valence-corrected chi connectivity index (χ2v) is 11.5. The van der Waals surface area contributed by atoms with E-state index in [2.05, 4.69) is 57.3 Å². The molecule has 0 radical (unpaired) electrons. The second-order valence-electron chi connectivity index (χ2n) is 11.5. The Morgan fingerprint density at radius 2 is 2.00 bits per heavy atom. The molecule has 6 rings (SSSR count). The van der Waals surface area contributed by atoms with Crippen molar-refractivity contribution in [2.24, 2.45) is 0 Å². The Hall–Kier alpha value is -3.64. The Morgan fingerprint density at radius 1 is 1.15 bits per heavy atom. The summed E-state index contributed by atoms with van der Waals surface area (Å²) in [6.07, 6.45) is 8.97. The first kappa shape index (κ1) is 26.6. The van der Waals surface area contributed by atoms with Gasteiger partial charge in [0.1, 0.15) is 5.82 Å². The van der Waals surface area contributed by atoms with Gasteiger partial charge >= 0.3 is 0 Å². The average Bonchev–Trinajstić information content (AvgIpc) is 3.00. The van der Waals surface area contributed by atoms with E-state index in [4.69, 9.17) is 9.97 Å². The van der Waals surface area contributed by atoms with Crippen molar-refractivity contribution in [3.8, 4) is 6.07 Å². The molecule has 0 bridgehead atoms. The van der Waals surface area contributed by atoms with E-state index >= 15 is 0 Å². The molecule has 3 aliphatic heterocycles. The number of anilines is 3. The molecular weight excluding hydrogens is 500 g/mol. The normalized spacial score (nSPS) is 23.1. The maximum absolute atomic E-state index is 12.5. The van der Waals surface area contributed by atoms with Crippen LogP contribution in [0.5, 0.6) is 0 Å². The van der Waals surface area contributed by atoms with Gasteiger partial charge in [-0.1, -0.05) is 24.8 Å². The maximum atomic E-state index is 12.5. The fourth-order valence-corrected chi connectivity index (χ4v) is 7.00. The van der Waals surface area contributed by atoms with E-state index in [0.717, 1.165) is 69.7 Å². The van der Waals surface area contributed by atoms with Gasteiger partial charge in [-0.15, -0.1) is 0 Å². The zero-order valence-electron chi connectivity index (χ0n) is 23.3. The predicted octanol–water partition coefficient (Wildman–Crippen LogP) is 3.07. The highest BCUT2D eigenvalue weighted by Crippen LogP contribution is 2.36. The van der Waals surface area contributed by atoms with E-state index in [9.17, 15) is 10.1 Å². The molecule has 1 amide bonds. The SMILES string of the molecule is C=CC(=O)N1CCN(c2nc(NC3CCNCC3)nc3c2CCC(N2CCCc4ccccc42)C3)C[C@@H]1CC#N. The minimum absolute atomic E-state index is 0.109. The molecule has 2 atom stereocenters. The molecule has 1 unspecified atom stereocenters. The number of piperazine rings is 1. The molecule has 40 heavy (non-hydrogen) atoms. The number of rotatable bonds is 6. The lowest BCUT2D eigenvalue weighted by Gasteiger charge is -2.43. The molecule has 2 N–H and O–H groups in total. The summed E-state index contributed by atoms with van der Waals surface area (Å²) in [4.78, 5) is 29.5. The molecule has 2 saturated heterocycles. The van der Waals surface area contributed by atoms with Gasteiger partial charge in [0.15, 0.2) is 0 Å². The van der Waals surface area contributed by atoms with Crippen LogP contribution in [-0.4, -0.2) is 78.2 Å². The summed E-state index contributed by atoms with van der Waals surface area (Å²) in [6.45, 7) is 8.58. The molecule has 9 nitrogen and oxygen atoms in total. The van der Waals surface area contributed by atoms with Gasteiger partial charge in [-0.2, -0.15) is 10.2 Å². The van der Waals surface area contributed by atoms with Crippen LogP contribution in [0.15, 0.2) is 36.9 Å². The van der Waals surface area contributed by atoms with E-state index in [0.29, 0.717) is 44.1 Å². The van der Waals surface area contributed by atoms with Gasteiger partial charge in [0, 0.05) is 55.9 Å². The molecule has 0 spiro atoms. The molecular formula is C31H40N8O. The topological polar surface area (TPSA) is 100 Å². The molecule has 2 aromatic rings. The van der Waals surface area contributed by atoms with Crippen LogP contribution in [-0.2, 0) is 24.1 Å². The number of fused-ring (bicyclic) bond motifs is 2. The number of nitriles is 1. The molecule has 2 fully saturated rings. The van der Waals surface area contributed by atoms with Crippen molar-refractivity contribution in [3.63, 3.8) is 0 Å². The smallest absolute Gasteiger partial charge is 0.246 e. The fraction of sp³-hybridized carbons (Fsp3) is 0.548. The summed E-state index contributed by atoms with van der Waals surface area (Å²) in [6, 6.07) is 11.7. The van der Waals surface area contributed by atoms with Crippen molar-refractivity contribution >= 4 is 23.4 Å². The van der Waals surface area contributed by atoms with Gasteiger partial charge in [-0.3, -0.25) is 4.79 Å². The molecule has 210 valence electrons.